The highest BCUT2D eigenvalue weighted by Crippen LogP contribution is 2.44. The van der Waals surface area contributed by atoms with Gasteiger partial charge in [-0.15, -0.1) is 0 Å². The third-order valence-electron chi connectivity index (χ3n) is 2.93. The molecule has 0 aromatic heterocycles. The number of nitrogens with one attached hydrogen (secondary N) is 2. The summed E-state index contributed by atoms with van der Waals surface area (Å²) in [5.74, 6) is 0. The van der Waals surface area contributed by atoms with Gasteiger partial charge in [0.2, 0.25) is 0 Å². The van der Waals surface area contributed by atoms with Gasteiger partial charge in [0, 0.05) is 12.6 Å². The molecule has 0 aromatic rings. The Morgan fingerprint density at radius 2 is 1.94 bits per heavy atom. The van der Waals surface area contributed by atoms with Gasteiger partial charge in [-0.25, -0.2) is 4.79 Å². The van der Waals surface area contributed by atoms with E-state index in [9.17, 15) is 4.79 Å². The highest BCUT2D eigenvalue weighted by molar-refractivity contribution is 5.67. The average molecular weight is 242 g/mol. The molecule has 2 N–H and O–H groups in total. The molecule has 1 aliphatic carbocycles. The predicted molar refractivity (Wildman–Crippen MR) is 69.0 cm³/mol. The minimum absolute atomic E-state index is 0.329. The van der Waals surface area contributed by atoms with Crippen LogP contribution in [0.2, 0.25) is 0 Å². The van der Waals surface area contributed by atoms with Crippen LogP contribution < -0.4 is 10.6 Å². The van der Waals surface area contributed by atoms with Gasteiger partial charge in [0.15, 0.2) is 0 Å². The second kappa shape index (κ2) is 5.25. The molecule has 0 spiro atoms. The number of hydrogen-bond donors (Lipinski definition) is 2. The van der Waals surface area contributed by atoms with Gasteiger partial charge in [0.05, 0.1) is 0 Å². The molecule has 1 saturated carbocycles. The van der Waals surface area contributed by atoms with Crippen molar-refractivity contribution in [1.82, 2.24) is 10.6 Å². The molecule has 17 heavy (non-hydrogen) atoms. The summed E-state index contributed by atoms with van der Waals surface area (Å²) in [5, 5.41) is 6.23. The zero-order valence-electron chi connectivity index (χ0n) is 11.7. The van der Waals surface area contributed by atoms with E-state index in [1.54, 1.807) is 0 Å². The summed E-state index contributed by atoms with van der Waals surface area (Å²) in [6.45, 7) is 11.7. The fourth-order valence-corrected chi connectivity index (χ4v) is 1.68. The predicted octanol–water partition coefficient (Wildman–Crippen LogP) is 2.29. The molecule has 1 amide bonds. The van der Waals surface area contributed by atoms with E-state index in [1.165, 1.54) is 6.42 Å². The summed E-state index contributed by atoms with van der Waals surface area (Å²) in [6, 6.07) is 0.657. The van der Waals surface area contributed by atoms with Gasteiger partial charge >= 0.3 is 6.09 Å². The summed E-state index contributed by atoms with van der Waals surface area (Å²) < 4.78 is 5.14. The first kappa shape index (κ1) is 14.3. The molecule has 1 aliphatic rings. The van der Waals surface area contributed by atoms with Crippen LogP contribution in [0.3, 0.4) is 0 Å². The number of hydrogen-bond acceptors (Lipinski definition) is 3. The Labute approximate surface area is 104 Å². The van der Waals surface area contributed by atoms with Gasteiger partial charge < -0.3 is 15.4 Å². The average Bonchev–Trinajstić information content (AvgIpc) is 2.70. The number of ether oxygens (including phenoxy) is 1. The van der Waals surface area contributed by atoms with Crippen molar-refractivity contribution in [3.8, 4) is 0 Å². The van der Waals surface area contributed by atoms with Crippen LogP contribution in [0.25, 0.3) is 0 Å². The summed E-state index contributed by atoms with van der Waals surface area (Å²) >= 11 is 0. The van der Waals surface area contributed by atoms with Crippen LogP contribution in [0.5, 0.6) is 0 Å². The van der Waals surface area contributed by atoms with Crippen molar-refractivity contribution < 1.29 is 9.53 Å². The quantitative estimate of drug-likeness (QED) is 0.727. The van der Waals surface area contributed by atoms with Gasteiger partial charge in [-0.1, -0.05) is 13.8 Å². The normalized spacial score (nSPS) is 22.1. The first-order valence-corrected chi connectivity index (χ1v) is 6.41. The Hall–Kier alpha value is -0.770. The Balaban J connectivity index is 1.96. The molecular formula is C13H26N2O2. The zero-order chi connectivity index (χ0) is 13.1. The van der Waals surface area contributed by atoms with E-state index in [-0.39, 0.29) is 6.09 Å². The number of rotatable bonds is 5. The van der Waals surface area contributed by atoms with E-state index in [0.29, 0.717) is 18.0 Å². The second-order valence-corrected chi connectivity index (χ2v) is 6.48. The molecule has 0 heterocycles. The van der Waals surface area contributed by atoms with Crippen LogP contribution in [0.4, 0.5) is 4.79 Å². The minimum Gasteiger partial charge on any atom is -0.444 e. The molecule has 1 fully saturated rings. The standard InChI is InChI=1S/C13H26N2O2/c1-12(2,3)17-11(16)15-8-6-7-14-10-9-13(10,4)5/h10,14H,6-9H2,1-5H3,(H,15,16). The lowest BCUT2D eigenvalue weighted by Crippen LogP contribution is -2.34. The van der Waals surface area contributed by atoms with Crippen molar-refractivity contribution in [2.75, 3.05) is 13.1 Å². The SMILES string of the molecule is CC(C)(C)OC(=O)NCCCNC1CC1(C)C. The molecule has 4 heteroatoms. The van der Waals surface area contributed by atoms with Crippen LogP contribution in [0.1, 0.15) is 47.5 Å². The second-order valence-electron chi connectivity index (χ2n) is 6.48. The number of alkyl carbamates (subject to hydrolysis) is 1. The van der Waals surface area contributed by atoms with Gasteiger partial charge in [-0.05, 0) is 45.6 Å². The summed E-state index contributed by atoms with van der Waals surface area (Å²) in [4.78, 5) is 11.3. The molecule has 0 saturated heterocycles. The van der Waals surface area contributed by atoms with Crippen molar-refractivity contribution in [1.29, 1.82) is 0 Å². The third kappa shape index (κ3) is 5.91. The van der Waals surface area contributed by atoms with Crippen LogP contribution in [0, 0.1) is 5.41 Å². The van der Waals surface area contributed by atoms with Crippen LogP contribution in [0.15, 0.2) is 0 Å². The Bertz CT molecular complexity index is 269. The van der Waals surface area contributed by atoms with Gasteiger partial charge in [0.25, 0.3) is 0 Å². The maximum absolute atomic E-state index is 11.3. The van der Waals surface area contributed by atoms with E-state index in [4.69, 9.17) is 4.74 Å². The van der Waals surface area contributed by atoms with Crippen LogP contribution >= 0.6 is 0 Å². The van der Waals surface area contributed by atoms with Crippen LogP contribution in [-0.2, 0) is 4.74 Å². The highest BCUT2D eigenvalue weighted by atomic mass is 16.6. The fraction of sp³-hybridized carbons (Fsp3) is 0.923. The van der Waals surface area contributed by atoms with Gasteiger partial charge in [0.1, 0.15) is 5.60 Å². The van der Waals surface area contributed by atoms with Crippen molar-refractivity contribution in [2.24, 2.45) is 5.41 Å². The molecule has 0 aliphatic heterocycles. The number of amides is 1. The first-order valence-electron chi connectivity index (χ1n) is 6.41. The summed E-state index contributed by atoms with van der Waals surface area (Å²) in [5.41, 5.74) is 0.0545. The highest BCUT2D eigenvalue weighted by Gasteiger charge is 2.44. The smallest absolute Gasteiger partial charge is 0.407 e. The summed E-state index contributed by atoms with van der Waals surface area (Å²) in [7, 11) is 0. The maximum Gasteiger partial charge on any atom is 0.407 e. The topological polar surface area (TPSA) is 50.4 Å². The van der Waals surface area contributed by atoms with E-state index in [1.807, 2.05) is 20.8 Å². The lowest BCUT2D eigenvalue weighted by molar-refractivity contribution is 0.0527. The molecule has 0 bridgehead atoms. The van der Waals surface area contributed by atoms with Crippen LogP contribution in [-0.4, -0.2) is 30.8 Å². The van der Waals surface area contributed by atoms with Crippen molar-refractivity contribution in [3.63, 3.8) is 0 Å². The fourth-order valence-electron chi connectivity index (χ4n) is 1.68. The van der Waals surface area contributed by atoms with Gasteiger partial charge in [-0.3, -0.25) is 0 Å². The molecule has 0 aromatic carbocycles. The Kier molecular flexibility index (Phi) is 4.42. The van der Waals surface area contributed by atoms with E-state index < -0.39 is 5.60 Å². The molecule has 4 nitrogen and oxygen atoms in total. The third-order valence-corrected chi connectivity index (χ3v) is 2.93. The maximum atomic E-state index is 11.3. The van der Waals surface area contributed by atoms with E-state index >= 15 is 0 Å². The molecule has 100 valence electrons. The molecule has 1 rings (SSSR count). The monoisotopic (exact) mass is 242 g/mol. The molecular weight excluding hydrogens is 216 g/mol. The number of carbonyl (C=O) groups excluding carboxylic acids is 1. The first-order chi connectivity index (χ1) is 7.71. The summed E-state index contributed by atoms with van der Waals surface area (Å²) in [6.07, 6.45) is 1.86. The molecule has 0 radical (unpaired) electrons. The lowest BCUT2D eigenvalue weighted by atomic mass is 10.2. The largest absolute Gasteiger partial charge is 0.444 e. The zero-order valence-corrected chi connectivity index (χ0v) is 11.7. The number of carbonyl (C=O) groups is 1. The van der Waals surface area contributed by atoms with Crippen molar-refractivity contribution in [3.05, 3.63) is 0 Å². The Morgan fingerprint density at radius 3 is 2.41 bits per heavy atom. The van der Waals surface area contributed by atoms with E-state index in [2.05, 4.69) is 24.5 Å². The van der Waals surface area contributed by atoms with E-state index in [0.717, 1.165) is 13.0 Å². The molecule has 1 atom stereocenters. The van der Waals surface area contributed by atoms with Gasteiger partial charge in [-0.2, -0.15) is 0 Å². The minimum atomic E-state index is -0.416. The van der Waals surface area contributed by atoms with Crippen molar-refractivity contribution in [2.45, 2.75) is 59.1 Å². The lowest BCUT2D eigenvalue weighted by Gasteiger charge is -2.19. The Morgan fingerprint density at radius 1 is 1.35 bits per heavy atom. The van der Waals surface area contributed by atoms with Crippen molar-refractivity contribution >= 4 is 6.09 Å². The molecule has 1 unspecified atom stereocenters.